The largest absolute Gasteiger partial charge is 0.490 e. The molecule has 1 aliphatic rings. The Morgan fingerprint density at radius 3 is 1.88 bits per heavy atom. The van der Waals surface area contributed by atoms with E-state index < -0.39 is 29.9 Å². The number of piperidine rings is 1. The molecule has 0 radical (unpaired) electrons. The third-order valence-electron chi connectivity index (χ3n) is 4.56. The lowest BCUT2D eigenvalue weighted by molar-refractivity contribution is -0.193. The summed E-state index contributed by atoms with van der Waals surface area (Å²) < 4.78 is 63.5. The lowest BCUT2D eigenvalue weighted by atomic mass is 9.87. The number of rotatable bonds is 4. The van der Waals surface area contributed by atoms with Crippen molar-refractivity contribution in [1.29, 1.82) is 0 Å². The number of carboxylic acids is 2. The number of hydrogen-bond acceptors (Lipinski definition) is 6. The number of halogens is 6. The second-order valence-electron chi connectivity index (χ2n) is 7.02. The summed E-state index contributed by atoms with van der Waals surface area (Å²) in [4.78, 5) is 26.0. The highest BCUT2D eigenvalue weighted by Gasteiger charge is 2.39. The van der Waals surface area contributed by atoms with Crippen LogP contribution in [0.5, 0.6) is 0 Å². The Morgan fingerprint density at radius 1 is 0.971 bits per heavy atom. The van der Waals surface area contributed by atoms with E-state index in [0.29, 0.717) is 0 Å². The highest BCUT2D eigenvalue weighted by atomic mass is 32.1. The maximum atomic E-state index is 10.7. The molecule has 1 saturated heterocycles. The zero-order chi connectivity index (χ0) is 26.0. The minimum atomic E-state index is -5.08. The first-order valence-corrected chi connectivity index (χ1v) is 10.5. The first-order valence-electron chi connectivity index (χ1n) is 9.64. The molecule has 34 heavy (non-hydrogen) atoms. The number of alkyl halides is 6. The quantitative estimate of drug-likeness (QED) is 0.528. The molecule has 1 fully saturated rings. The van der Waals surface area contributed by atoms with E-state index in [9.17, 15) is 31.4 Å². The van der Waals surface area contributed by atoms with Crippen LogP contribution < -0.4 is 0 Å². The average Bonchev–Trinajstić information content (AvgIpc) is 3.27. The Morgan fingerprint density at radius 2 is 1.50 bits per heavy atom. The van der Waals surface area contributed by atoms with Gasteiger partial charge in [0.15, 0.2) is 0 Å². The van der Waals surface area contributed by atoms with E-state index in [0.717, 1.165) is 44.6 Å². The summed E-state index contributed by atoms with van der Waals surface area (Å²) in [5.41, 5.74) is 0.0821. The van der Waals surface area contributed by atoms with Gasteiger partial charge in [-0.1, -0.05) is 12.1 Å². The van der Waals surface area contributed by atoms with Crippen molar-refractivity contribution in [2.45, 2.75) is 37.2 Å². The van der Waals surface area contributed by atoms with Crippen molar-refractivity contribution in [3.05, 3.63) is 52.5 Å². The standard InChI is InChI=1S/C16H20N2OS.2C2HF3O2/c19-16(15-5-1-2-9-17-15)7-11-18(12-8-16)10-6-14-4-3-13-20-14;2*3-2(4,5)1(6)7/h1-5,9,13,19H,6-8,10-12H2;2*(H,6,7). The fraction of sp³-hybridized carbons (Fsp3) is 0.450. The molecular weight excluding hydrogens is 494 g/mol. The lowest BCUT2D eigenvalue weighted by Crippen LogP contribution is -2.43. The van der Waals surface area contributed by atoms with Crippen molar-refractivity contribution >= 4 is 23.3 Å². The summed E-state index contributed by atoms with van der Waals surface area (Å²) in [5, 5.41) is 27.1. The van der Waals surface area contributed by atoms with Crippen molar-refractivity contribution in [2.24, 2.45) is 0 Å². The van der Waals surface area contributed by atoms with Crippen molar-refractivity contribution in [2.75, 3.05) is 19.6 Å². The van der Waals surface area contributed by atoms with Gasteiger partial charge < -0.3 is 20.2 Å². The topological polar surface area (TPSA) is 111 Å². The van der Waals surface area contributed by atoms with E-state index in [4.69, 9.17) is 19.8 Å². The van der Waals surface area contributed by atoms with Crippen LogP contribution in [0.2, 0.25) is 0 Å². The molecule has 7 nitrogen and oxygen atoms in total. The van der Waals surface area contributed by atoms with Crippen molar-refractivity contribution < 1.29 is 51.3 Å². The number of likely N-dealkylation sites (tertiary alicyclic amines) is 1. The minimum Gasteiger partial charge on any atom is -0.475 e. The summed E-state index contributed by atoms with van der Waals surface area (Å²) in [7, 11) is 0. The van der Waals surface area contributed by atoms with Gasteiger partial charge in [0.2, 0.25) is 0 Å². The Bertz CT molecular complexity index is 859. The van der Waals surface area contributed by atoms with Gasteiger partial charge in [-0.15, -0.1) is 11.3 Å². The van der Waals surface area contributed by atoms with E-state index in [-0.39, 0.29) is 0 Å². The predicted octanol–water partition coefficient (Wildman–Crippen LogP) is 3.94. The van der Waals surface area contributed by atoms with Gasteiger partial charge in [-0.25, -0.2) is 9.59 Å². The minimum absolute atomic E-state index is 0.735. The average molecular weight is 516 g/mol. The molecule has 0 spiro atoms. The Balaban J connectivity index is 0.000000343. The van der Waals surface area contributed by atoms with Crippen molar-refractivity contribution in [3.63, 3.8) is 0 Å². The van der Waals surface area contributed by atoms with Gasteiger partial charge in [-0.2, -0.15) is 26.3 Å². The second kappa shape index (κ2) is 12.7. The first-order chi connectivity index (χ1) is 15.6. The normalized spacial score (nSPS) is 15.9. The van der Waals surface area contributed by atoms with Gasteiger partial charge in [0.25, 0.3) is 0 Å². The number of hydrogen-bond donors (Lipinski definition) is 3. The van der Waals surface area contributed by atoms with E-state index >= 15 is 0 Å². The molecule has 0 amide bonds. The fourth-order valence-electron chi connectivity index (χ4n) is 2.76. The van der Waals surface area contributed by atoms with E-state index in [2.05, 4.69) is 27.4 Å². The van der Waals surface area contributed by atoms with Crippen LogP contribution in [0.4, 0.5) is 26.3 Å². The Labute approximate surface area is 194 Å². The fourth-order valence-corrected chi connectivity index (χ4v) is 3.46. The van der Waals surface area contributed by atoms with Crippen LogP contribution in [0.25, 0.3) is 0 Å². The van der Waals surface area contributed by atoms with Gasteiger partial charge in [0, 0.05) is 30.7 Å². The van der Waals surface area contributed by atoms with Gasteiger partial charge in [0.1, 0.15) is 5.60 Å². The highest BCUT2D eigenvalue weighted by Crippen LogP contribution is 2.31. The van der Waals surface area contributed by atoms with Crippen LogP contribution in [0.1, 0.15) is 23.4 Å². The van der Waals surface area contributed by atoms with Crippen LogP contribution in [0.15, 0.2) is 41.9 Å². The smallest absolute Gasteiger partial charge is 0.475 e. The molecule has 3 heterocycles. The molecule has 3 rings (SSSR count). The molecule has 2 aromatic rings. The number of aliphatic carboxylic acids is 2. The number of thiophene rings is 1. The SMILES string of the molecule is O=C(O)C(F)(F)F.O=C(O)C(F)(F)F.OC1(c2ccccn2)CCN(CCc2cccs2)CC1. The molecule has 0 saturated carbocycles. The van der Waals surface area contributed by atoms with Gasteiger partial charge >= 0.3 is 24.3 Å². The highest BCUT2D eigenvalue weighted by molar-refractivity contribution is 7.09. The lowest BCUT2D eigenvalue weighted by Gasteiger charge is -2.37. The molecule has 0 aliphatic carbocycles. The Hall–Kier alpha value is -2.71. The summed E-state index contributed by atoms with van der Waals surface area (Å²) in [6, 6.07) is 10.1. The van der Waals surface area contributed by atoms with Crippen LogP contribution in [-0.2, 0) is 21.6 Å². The number of nitrogens with zero attached hydrogens (tertiary/aromatic N) is 2. The van der Waals surface area contributed by atoms with E-state index in [1.54, 1.807) is 6.20 Å². The predicted molar refractivity (Wildman–Crippen MR) is 109 cm³/mol. The van der Waals surface area contributed by atoms with Gasteiger partial charge in [-0.05, 0) is 42.8 Å². The summed E-state index contributed by atoms with van der Waals surface area (Å²) in [6.45, 7) is 2.97. The third kappa shape index (κ3) is 10.5. The molecule has 190 valence electrons. The van der Waals surface area contributed by atoms with Gasteiger partial charge in [0.05, 0.1) is 5.69 Å². The van der Waals surface area contributed by atoms with E-state index in [1.165, 1.54) is 4.88 Å². The zero-order valence-electron chi connectivity index (χ0n) is 17.5. The molecule has 0 unspecified atom stereocenters. The number of pyridine rings is 1. The first kappa shape index (κ1) is 29.3. The zero-order valence-corrected chi connectivity index (χ0v) is 18.3. The molecule has 3 N–H and O–H groups in total. The monoisotopic (exact) mass is 516 g/mol. The van der Waals surface area contributed by atoms with Crippen LogP contribution in [0, 0.1) is 0 Å². The van der Waals surface area contributed by atoms with Crippen LogP contribution in [0.3, 0.4) is 0 Å². The molecule has 1 aliphatic heterocycles. The summed E-state index contributed by atoms with van der Waals surface area (Å²) >= 11 is 1.82. The third-order valence-corrected chi connectivity index (χ3v) is 5.50. The van der Waals surface area contributed by atoms with E-state index in [1.807, 2.05) is 29.5 Å². The van der Waals surface area contributed by atoms with Crippen molar-refractivity contribution in [1.82, 2.24) is 9.88 Å². The Kier molecular flexibility index (Phi) is 10.9. The van der Waals surface area contributed by atoms with Crippen LogP contribution in [-0.4, -0.2) is 69.1 Å². The number of carboxylic acid groups (broad SMARTS) is 2. The molecule has 0 bridgehead atoms. The number of carbonyl (C=O) groups is 2. The summed E-state index contributed by atoms with van der Waals surface area (Å²) in [5.74, 6) is -5.51. The maximum Gasteiger partial charge on any atom is 0.490 e. The molecular formula is C20H22F6N2O5S. The van der Waals surface area contributed by atoms with Crippen molar-refractivity contribution in [3.8, 4) is 0 Å². The molecule has 0 aromatic carbocycles. The second-order valence-corrected chi connectivity index (χ2v) is 8.06. The molecule has 2 aromatic heterocycles. The number of aromatic nitrogens is 1. The molecule has 0 atom stereocenters. The molecule has 14 heteroatoms. The van der Waals surface area contributed by atoms with Crippen LogP contribution >= 0.6 is 11.3 Å². The summed E-state index contributed by atoms with van der Waals surface area (Å²) in [6.07, 6.45) is -5.75. The van der Waals surface area contributed by atoms with Gasteiger partial charge in [-0.3, -0.25) is 4.98 Å². The number of aliphatic hydroxyl groups is 1. The maximum absolute atomic E-state index is 10.7.